The predicted octanol–water partition coefficient (Wildman–Crippen LogP) is 4.20. The molecule has 0 spiro atoms. The van der Waals surface area contributed by atoms with Crippen molar-refractivity contribution in [3.05, 3.63) is 55.9 Å². The van der Waals surface area contributed by atoms with Crippen LogP contribution in [0.15, 0.2) is 28.1 Å². The van der Waals surface area contributed by atoms with E-state index < -0.39 is 28.9 Å². The van der Waals surface area contributed by atoms with E-state index in [2.05, 4.69) is 15.9 Å². The number of carbonyl (C=O) groups is 1. The highest BCUT2D eigenvalue weighted by Gasteiger charge is 2.22. The summed E-state index contributed by atoms with van der Waals surface area (Å²) in [6.07, 6.45) is 0. The fourth-order valence-corrected chi connectivity index (χ4v) is 3.18. The summed E-state index contributed by atoms with van der Waals surface area (Å²) in [5.74, 6) is -4.29. The molecule has 2 nitrogen and oxygen atoms in total. The minimum Gasteiger partial charge on any atom is -0.336 e. The summed E-state index contributed by atoms with van der Waals surface area (Å²) < 4.78 is 40.8. The molecule has 0 atom stereocenters. The van der Waals surface area contributed by atoms with E-state index in [1.165, 1.54) is 23.3 Å². The van der Waals surface area contributed by atoms with Crippen molar-refractivity contribution in [1.82, 2.24) is 4.90 Å². The summed E-state index contributed by atoms with van der Waals surface area (Å²) in [5.41, 5.74) is -0.746. The second-order valence-electron chi connectivity index (χ2n) is 4.14. The molecule has 1 heterocycles. The lowest BCUT2D eigenvalue weighted by Crippen LogP contribution is -2.27. The van der Waals surface area contributed by atoms with Crippen molar-refractivity contribution in [3.8, 4) is 0 Å². The van der Waals surface area contributed by atoms with Gasteiger partial charge < -0.3 is 4.90 Å². The Morgan fingerprint density at radius 3 is 2.35 bits per heavy atom. The average molecular weight is 364 g/mol. The highest BCUT2D eigenvalue weighted by Crippen LogP contribution is 2.22. The SMILES string of the molecule is CN(Cc1cc(Br)cs1)C(=O)c1c(F)cc(F)cc1F. The van der Waals surface area contributed by atoms with E-state index in [9.17, 15) is 18.0 Å². The number of benzene rings is 1. The van der Waals surface area contributed by atoms with Gasteiger partial charge in [-0.05, 0) is 22.0 Å². The Morgan fingerprint density at radius 1 is 1.25 bits per heavy atom. The number of hydrogen-bond donors (Lipinski definition) is 0. The number of halogens is 4. The number of rotatable bonds is 3. The highest BCUT2D eigenvalue weighted by molar-refractivity contribution is 9.10. The third-order valence-corrected chi connectivity index (χ3v) is 4.26. The molecule has 0 fully saturated rings. The van der Waals surface area contributed by atoms with Gasteiger partial charge in [0, 0.05) is 33.9 Å². The minimum atomic E-state index is -1.20. The summed E-state index contributed by atoms with van der Waals surface area (Å²) in [7, 11) is 1.43. The fourth-order valence-electron chi connectivity index (χ4n) is 1.68. The fraction of sp³-hybridized carbons (Fsp3) is 0.154. The molecule has 0 saturated carbocycles. The van der Waals surface area contributed by atoms with Gasteiger partial charge in [0.05, 0.1) is 6.54 Å². The molecular formula is C13H9BrF3NOS. The van der Waals surface area contributed by atoms with Gasteiger partial charge in [0.15, 0.2) is 0 Å². The zero-order chi connectivity index (χ0) is 14.9. The summed E-state index contributed by atoms with van der Waals surface area (Å²) in [6, 6.07) is 2.80. The molecule has 0 radical (unpaired) electrons. The second-order valence-corrected chi connectivity index (χ2v) is 6.05. The Hall–Kier alpha value is -1.34. The first kappa shape index (κ1) is 15.1. The maximum Gasteiger partial charge on any atom is 0.259 e. The Morgan fingerprint density at radius 2 is 1.85 bits per heavy atom. The Kier molecular flexibility index (Phi) is 4.49. The standard InChI is InChI=1S/C13H9BrF3NOS/c1-18(5-9-2-7(14)6-20-9)13(19)12-10(16)3-8(15)4-11(12)17/h2-4,6H,5H2,1H3. The van der Waals surface area contributed by atoms with Gasteiger partial charge in [-0.15, -0.1) is 11.3 Å². The van der Waals surface area contributed by atoms with Gasteiger partial charge in [-0.3, -0.25) is 4.79 Å². The molecule has 0 N–H and O–H groups in total. The monoisotopic (exact) mass is 363 g/mol. The van der Waals surface area contributed by atoms with Gasteiger partial charge in [-0.2, -0.15) is 0 Å². The summed E-state index contributed by atoms with van der Waals surface area (Å²) in [4.78, 5) is 14.1. The molecular weight excluding hydrogens is 355 g/mol. The number of amides is 1. The molecule has 2 rings (SSSR count). The van der Waals surface area contributed by atoms with Gasteiger partial charge in [-0.25, -0.2) is 13.2 Å². The van der Waals surface area contributed by atoms with Crippen molar-refractivity contribution in [2.45, 2.75) is 6.54 Å². The van der Waals surface area contributed by atoms with Crippen molar-refractivity contribution < 1.29 is 18.0 Å². The van der Waals surface area contributed by atoms with E-state index in [1.54, 1.807) is 0 Å². The van der Waals surface area contributed by atoms with Crippen LogP contribution in [-0.2, 0) is 6.54 Å². The molecule has 7 heteroatoms. The van der Waals surface area contributed by atoms with Gasteiger partial charge >= 0.3 is 0 Å². The number of nitrogens with zero attached hydrogens (tertiary/aromatic N) is 1. The molecule has 2 aromatic rings. The third kappa shape index (κ3) is 3.21. The molecule has 20 heavy (non-hydrogen) atoms. The molecule has 106 valence electrons. The van der Waals surface area contributed by atoms with Gasteiger partial charge in [0.2, 0.25) is 0 Å². The van der Waals surface area contributed by atoms with Crippen molar-refractivity contribution >= 4 is 33.2 Å². The topological polar surface area (TPSA) is 20.3 Å². The normalized spacial score (nSPS) is 10.7. The van der Waals surface area contributed by atoms with E-state index in [-0.39, 0.29) is 6.54 Å². The second kappa shape index (κ2) is 5.97. The largest absolute Gasteiger partial charge is 0.336 e. The first-order valence-electron chi connectivity index (χ1n) is 5.51. The Bertz CT molecular complexity index is 636. The van der Waals surface area contributed by atoms with Gasteiger partial charge in [0.25, 0.3) is 5.91 Å². The van der Waals surface area contributed by atoms with Crippen LogP contribution in [0.3, 0.4) is 0 Å². The lowest BCUT2D eigenvalue weighted by molar-refractivity contribution is 0.0776. The Labute approximate surface area is 126 Å². The van der Waals surface area contributed by atoms with Crippen molar-refractivity contribution in [1.29, 1.82) is 0 Å². The summed E-state index contributed by atoms with van der Waals surface area (Å²) >= 11 is 4.69. The molecule has 0 aliphatic heterocycles. The van der Waals surface area contributed by atoms with Crippen LogP contribution < -0.4 is 0 Å². The van der Waals surface area contributed by atoms with E-state index in [0.717, 1.165) is 9.35 Å². The molecule has 0 saturated heterocycles. The predicted molar refractivity (Wildman–Crippen MR) is 74.1 cm³/mol. The van der Waals surface area contributed by atoms with Crippen LogP contribution in [0.2, 0.25) is 0 Å². The van der Waals surface area contributed by atoms with E-state index in [1.807, 2.05) is 11.4 Å². The molecule has 1 aromatic carbocycles. The van der Waals surface area contributed by atoms with Crippen molar-refractivity contribution in [2.24, 2.45) is 0 Å². The average Bonchev–Trinajstić information content (AvgIpc) is 2.73. The summed E-state index contributed by atoms with van der Waals surface area (Å²) in [5, 5.41) is 1.84. The van der Waals surface area contributed by atoms with E-state index >= 15 is 0 Å². The molecule has 1 amide bonds. The first-order chi connectivity index (χ1) is 9.38. The van der Waals surface area contributed by atoms with E-state index in [0.29, 0.717) is 12.1 Å². The molecule has 0 unspecified atom stereocenters. The molecule has 1 aromatic heterocycles. The van der Waals surface area contributed by atoms with Crippen LogP contribution in [0.4, 0.5) is 13.2 Å². The third-order valence-electron chi connectivity index (χ3n) is 2.58. The van der Waals surface area contributed by atoms with E-state index in [4.69, 9.17) is 0 Å². The highest BCUT2D eigenvalue weighted by atomic mass is 79.9. The first-order valence-corrected chi connectivity index (χ1v) is 7.18. The molecule has 0 aliphatic rings. The zero-order valence-electron chi connectivity index (χ0n) is 10.3. The van der Waals surface area contributed by atoms with Crippen LogP contribution in [0, 0.1) is 17.5 Å². The quantitative estimate of drug-likeness (QED) is 0.800. The number of carbonyl (C=O) groups excluding carboxylic acids is 1. The van der Waals surface area contributed by atoms with Crippen LogP contribution in [0.1, 0.15) is 15.2 Å². The maximum atomic E-state index is 13.5. The Balaban J connectivity index is 2.23. The van der Waals surface area contributed by atoms with Gasteiger partial charge in [0.1, 0.15) is 23.0 Å². The number of hydrogen-bond acceptors (Lipinski definition) is 2. The lowest BCUT2D eigenvalue weighted by atomic mass is 10.1. The van der Waals surface area contributed by atoms with Crippen LogP contribution in [-0.4, -0.2) is 17.9 Å². The maximum absolute atomic E-state index is 13.5. The number of thiophene rings is 1. The van der Waals surface area contributed by atoms with Crippen LogP contribution in [0.5, 0.6) is 0 Å². The molecule has 0 aliphatic carbocycles. The van der Waals surface area contributed by atoms with Gasteiger partial charge in [-0.1, -0.05) is 0 Å². The minimum absolute atomic E-state index is 0.214. The van der Waals surface area contributed by atoms with Crippen molar-refractivity contribution in [2.75, 3.05) is 7.05 Å². The van der Waals surface area contributed by atoms with Crippen molar-refractivity contribution in [3.63, 3.8) is 0 Å². The summed E-state index contributed by atoms with van der Waals surface area (Å²) in [6.45, 7) is 0.214. The van der Waals surface area contributed by atoms with Crippen LogP contribution in [0.25, 0.3) is 0 Å². The lowest BCUT2D eigenvalue weighted by Gasteiger charge is -2.17. The van der Waals surface area contributed by atoms with Crippen LogP contribution >= 0.6 is 27.3 Å². The smallest absolute Gasteiger partial charge is 0.259 e. The molecule has 0 bridgehead atoms. The zero-order valence-corrected chi connectivity index (χ0v) is 12.7.